The summed E-state index contributed by atoms with van der Waals surface area (Å²) in [7, 11) is 0. The third kappa shape index (κ3) is 3.18. The summed E-state index contributed by atoms with van der Waals surface area (Å²) >= 11 is 0. The lowest BCUT2D eigenvalue weighted by Gasteiger charge is -2.18. The summed E-state index contributed by atoms with van der Waals surface area (Å²) in [5, 5.41) is 4.46. The van der Waals surface area contributed by atoms with Crippen LogP contribution < -0.4 is 5.43 Å². The van der Waals surface area contributed by atoms with Crippen molar-refractivity contribution in [2.24, 2.45) is 5.10 Å². The minimum Gasteiger partial charge on any atom is -0.278 e. The van der Waals surface area contributed by atoms with E-state index in [0.29, 0.717) is 5.92 Å². The summed E-state index contributed by atoms with van der Waals surface area (Å²) in [4.78, 5) is 0. The van der Waals surface area contributed by atoms with E-state index < -0.39 is 0 Å². The van der Waals surface area contributed by atoms with E-state index in [1.165, 1.54) is 27.8 Å². The smallest absolute Gasteiger partial charge is 0.0590 e. The highest BCUT2D eigenvalue weighted by Crippen LogP contribution is 2.40. The van der Waals surface area contributed by atoms with Gasteiger partial charge in [0.15, 0.2) is 0 Å². The third-order valence-corrected chi connectivity index (χ3v) is 4.80. The van der Waals surface area contributed by atoms with Crippen LogP contribution in [0.2, 0.25) is 0 Å². The average Bonchev–Trinajstić information content (AvgIpc) is 2.82. The van der Waals surface area contributed by atoms with Gasteiger partial charge < -0.3 is 0 Å². The van der Waals surface area contributed by atoms with E-state index in [0.717, 1.165) is 11.3 Å². The van der Waals surface area contributed by atoms with Gasteiger partial charge in [-0.05, 0) is 50.5 Å². The normalized spacial score (nSPS) is 17.5. The fraction of sp³-hybridized carbons (Fsp3) is 0.227. The quantitative estimate of drug-likeness (QED) is 0.557. The summed E-state index contributed by atoms with van der Waals surface area (Å²) in [6.45, 7) is 8.71. The zero-order valence-electron chi connectivity index (χ0n) is 14.8. The van der Waals surface area contributed by atoms with Crippen LogP contribution in [0.5, 0.6) is 0 Å². The molecule has 1 aliphatic rings. The Morgan fingerprint density at radius 1 is 0.917 bits per heavy atom. The summed E-state index contributed by atoms with van der Waals surface area (Å²) < 4.78 is 0. The SMILES string of the molecule is CC1=CC(C)=C(C)C1c1ccccc1C=NNc1ccccc1C. The maximum Gasteiger partial charge on any atom is 0.0590 e. The fourth-order valence-corrected chi connectivity index (χ4v) is 3.35. The van der Waals surface area contributed by atoms with Crippen LogP contribution in [0.1, 0.15) is 43.4 Å². The van der Waals surface area contributed by atoms with Gasteiger partial charge in [-0.3, -0.25) is 5.43 Å². The number of anilines is 1. The number of para-hydroxylation sites is 1. The van der Waals surface area contributed by atoms with E-state index in [4.69, 9.17) is 0 Å². The van der Waals surface area contributed by atoms with E-state index >= 15 is 0 Å². The summed E-state index contributed by atoms with van der Waals surface area (Å²) in [5.74, 6) is 0.367. The highest BCUT2D eigenvalue weighted by molar-refractivity contribution is 5.83. The van der Waals surface area contributed by atoms with E-state index in [-0.39, 0.29) is 0 Å². The topological polar surface area (TPSA) is 24.4 Å². The molecule has 0 spiro atoms. The zero-order chi connectivity index (χ0) is 17.1. The Bertz CT molecular complexity index is 841. The van der Waals surface area contributed by atoms with Gasteiger partial charge in [0.05, 0.1) is 11.9 Å². The Balaban J connectivity index is 1.87. The second-order valence-corrected chi connectivity index (χ2v) is 6.50. The number of nitrogens with zero attached hydrogens (tertiary/aromatic N) is 1. The highest BCUT2D eigenvalue weighted by atomic mass is 15.3. The van der Waals surface area contributed by atoms with Crippen LogP contribution in [-0.4, -0.2) is 6.21 Å². The van der Waals surface area contributed by atoms with Gasteiger partial charge in [0.1, 0.15) is 0 Å². The van der Waals surface area contributed by atoms with Crippen molar-refractivity contribution < 1.29 is 0 Å². The molecule has 0 aromatic heterocycles. The van der Waals surface area contributed by atoms with Gasteiger partial charge in [-0.15, -0.1) is 0 Å². The van der Waals surface area contributed by atoms with Crippen molar-refractivity contribution in [3.8, 4) is 0 Å². The predicted molar refractivity (Wildman–Crippen MR) is 104 cm³/mol. The minimum absolute atomic E-state index is 0.367. The molecule has 24 heavy (non-hydrogen) atoms. The zero-order valence-corrected chi connectivity index (χ0v) is 14.8. The van der Waals surface area contributed by atoms with Crippen molar-refractivity contribution in [3.05, 3.63) is 88.0 Å². The first kappa shape index (κ1) is 16.3. The number of hydrogen-bond acceptors (Lipinski definition) is 2. The van der Waals surface area contributed by atoms with E-state index in [2.05, 4.69) is 74.6 Å². The lowest BCUT2D eigenvalue weighted by molar-refractivity contribution is 0.936. The van der Waals surface area contributed by atoms with Gasteiger partial charge in [-0.25, -0.2) is 0 Å². The molecule has 2 heteroatoms. The van der Waals surface area contributed by atoms with Crippen LogP contribution in [-0.2, 0) is 0 Å². The number of benzene rings is 2. The molecule has 0 bridgehead atoms. The Kier molecular flexibility index (Phi) is 4.66. The minimum atomic E-state index is 0.367. The van der Waals surface area contributed by atoms with Gasteiger partial charge in [0, 0.05) is 5.92 Å². The second kappa shape index (κ2) is 6.88. The Hall–Kier alpha value is -2.61. The van der Waals surface area contributed by atoms with Crippen LogP contribution in [0.3, 0.4) is 0 Å². The van der Waals surface area contributed by atoms with Crippen molar-refractivity contribution in [2.75, 3.05) is 5.43 Å². The Morgan fingerprint density at radius 2 is 1.62 bits per heavy atom. The van der Waals surface area contributed by atoms with E-state index in [1.807, 2.05) is 24.4 Å². The summed E-state index contributed by atoms with van der Waals surface area (Å²) in [5.41, 5.74) is 12.1. The number of aryl methyl sites for hydroxylation is 1. The molecule has 1 unspecified atom stereocenters. The molecule has 0 saturated heterocycles. The molecule has 0 saturated carbocycles. The molecular weight excluding hydrogens is 292 g/mol. The first-order valence-corrected chi connectivity index (χ1v) is 8.37. The number of nitrogens with one attached hydrogen (secondary N) is 1. The molecule has 2 aromatic rings. The standard InChI is InChI=1S/C22H24N2/c1-15-9-5-8-12-21(15)24-23-14-19-10-6-7-11-20(19)22-17(3)13-16(2)18(22)4/h5-14,22,24H,1-4H3. The average molecular weight is 316 g/mol. The van der Waals surface area contributed by atoms with Crippen molar-refractivity contribution >= 4 is 11.9 Å². The molecule has 0 aliphatic heterocycles. The molecule has 1 aliphatic carbocycles. The van der Waals surface area contributed by atoms with Crippen molar-refractivity contribution in [1.82, 2.24) is 0 Å². The van der Waals surface area contributed by atoms with Crippen LogP contribution in [0.25, 0.3) is 0 Å². The predicted octanol–water partition coefficient (Wildman–Crippen LogP) is 5.82. The third-order valence-electron chi connectivity index (χ3n) is 4.80. The van der Waals surface area contributed by atoms with Gasteiger partial charge in [-0.2, -0.15) is 5.10 Å². The second-order valence-electron chi connectivity index (χ2n) is 6.50. The Morgan fingerprint density at radius 3 is 2.33 bits per heavy atom. The van der Waals surface area contributed by atoms with Gasteiger partial charge in [-0.1, -0.05) is 65.3 Å². The molecule has 2 nitrogen and oxygen atoms in total. The monoisotopic (exact) mass is 316 g/mol. The fourth-order valence-electron chi connectivity index (χ4n) is 3.35. The molecule has 122 valence electrons. The van der Waals surface area contributed by atoms with Crippen molar-refractivity contribution in [2.45, 2.75) is 33.6 Å². The molecule has 0 amide bonds. The molecule has 3 rings (SSSR count). The van der Waals surface area contributed by atoms with Crippen LogP contribution in [0.15, 0.2) is 76.4 Å². The lowest BCUT2D eigenvalue weighted by Crippen LogP contribution is -2.04. The first-order valence-electron chi connectivity index (χ1n) is 8.37. The van der Waals surface area contributed by atoms with E-state index in [1.54, 1.807) is 0 Å². The van der Waals surface area contributed by atoms with Gasteiger partial charge in [0.2, 0.25) is 0 Å². The largest absolute Gasteiger partial charge is 0.278 e. The Labute approximate surface area is 144 Å². The molecule has 2 aromatic carbocycles. The van der Waals surface area contributed by atoms with Crippen LogP contribution in [0, 0.1) is 6.92 Å². The van der Waals surface area contributed by atoms with Crippen molar-refractivity contribution in [3.63, 3.8) is 0 Å². The molecule has 0 fully saturated rings. The first-order chi connectivity index (χ1) is 11.6. The van der Waals surface area contributed by atoms with Crippen molar-refractivity contribution in [1.29, 1.82) is 0 Å². The number of allylic oxidation sites excluding steroid dienone is 4. The van der Waals surface area contributed by atoms with E-state index in [9.17, 15) is 0 Å². The molecular formula is C22H24N2. The molecule has 0 radical (unpaired) electrons. The van der Waals surface area contributed by atoms with Gasteiger partial charge >= 0.3 is 0 Å². The molecule has 1 N–H and O–H groups in total. The molecule has 0 heterocycles. The lowest BCUT2D eigenvalue weighted by atomic mass is 9.86. The maximum atomic E-state index is 4.46. The number of hydrogen-bond donors (Lipinski definition) is 1. The maximum absolute atomic E-state index is 4.46. The van der Waals surface area contributed by atoms with Gasteiger partial charge in [0.25, 0.3) is 0 Å². The van der Waals surface area contributed by atoms with Crippen LogP contribution >= 0.6 is 0 Å². The molecule has 1 atom stereocenters. The number of hydrazone groups is 1. The van der Waals surface area contributed by atoms with Crippen LogP contribution in [0.4, 0.5) is 5.69 Å². The number of rotatable bonds is 4. The highest BCUT2D eigenvalue weighted by Gasteiger charge is 2.23. The summed E-state index contributed by atoms with van der Waals surface area (Å²) in [6.07, 6.45) is 4.22. The summed E-state index contributed by atoms with van der Waals surface area (Å²) in [6, 6.07) is 16.7.